The quantitative estimate of drug-likeness (QED) is 0.575. The number of rotatable bonds is 4. The van der Waals surface area contributed by atoms with Crippen LogP contribution in [0.15, 0.2) is 71.5 Å². The number of aromatic nitrogens is 1. The summed E-state index contributed by atoms with van der Waals surface area (Å²) in [6, 6.07) is 18.3. The van der Waals surface area contributed by atoms with Crippen LogP contribution in [0.1, 0.15) is 38.8 Å². The number of hydrazone groups is 1. The number of carbonyl (C=O) groups excluding carboxylic acids is 1. The van der Waals surface area contributed by atoms with Crippen LogP contribution in [-0.4, -0.2) is 16.2 Å². The molecule has 0 fully saturated rings. The lowest BCUT2D eigenvalue weighted by atomic mass is 10.1. The molecular weight excluding hydrogens is 334 g/mol. The van der Waals surface area contributed by atoms with E-state index in [-0.39, 0.29) is 5.91 Å². The molecule has 4 nitrogen and oxygen atoms in total. The van der Waals surface area contributed by atoms with Crippen LogP contribution < -0.4 is 5.01 Å². The van der Waals surface area contributed by atoms with E-state index in [0.717, 1.165) is 28.8 Å². The smallest absolute Gasteiger partial charge is 0.280 e. The van der Waals surface area contributed by atoms with E-state index in [2.05, 4.69) is 47.9 Å². The van der Waals surface area contributed by atoms with Gasteiger partial charge in [-0.2, -0.15) is 10.1 Å². The van der Waals surface area contributed by atoms with Gasteiger partial charge in [0, 0.05) is 28.7 Å². The van der Waals surface area contributed by atoms with Crippen molar-refractivity contribution in [3.05, 3.63) is 71.9 Å². The van der Waals surface area contributed by atoms with Gasteiger partial charge < -0.3 is 4.57 Å². The van der Waals surface area contributed by atoms with E-state index in [1.54, 1.807) is 0 Å². The molecule has 27 heavy (non-hydrogen) atoms. The van der Waals surface area contributed by atoms with E-state index in [9.17, 15) is 4.79 Å². The van der Waals surface area contributed by atoms with Gasteiger partial charge in [-0.25, -0.2) is 0 Å². The molecule has 0 saturated carbocycles. The number of hydrogen-bond donors (Lipinski definition) is 0. The Morgan fingerprint density at radius 2 is 1.78 bits per heavy atom. The molecule has 4 rings (SSSR count). The molecule has 0 spiro atoms. The van der Waals surface area contributed by atoms with Crippen molar-refractivity contribution < 1.29 is 4.79 Å². The number of para-hydroxylation sites is 2. The molecule has 1 aromatic heterocycles. The van der Waals surface area contributed by atoms with Gasteiger partial charge in [0.05, 0.1) is 17.0 Å². The fourth-order valence-corrected chi connectivity index (χ4v) is 3.49. The molecule has 0 radical (unpaired) electrons. The third-order valence-corrected chi connectivity index (χ3v) is 5.20. The fraction of sp³-hybridized carbons (Fsp3) is 0.217. The first-order chi connectivity index (χ1) is 13.1. The summed E-state index contributed by atoms with van der Waals surface area (Å²) >= 11 is 0. The van der Waals surface area contributed by atoms with Crippen molar-refractivity contribution in [3.63, 3.8) is 0 Å². The standard InChI is InChI=1S/C23H23N3O/c1-4-16(2)25-15-18(20-12-8-9-13-22(20)25)14-21-17(3)24-26(23(21)27)19-10-6-5-7-11-19/h5-16H,4H2,1-3H3/b21-14+/t16-/m0/s1. The van der Waals surface area contributed by atoms with Gasteiger partial charge in [0.25, 0.3) is 5.91 Å². The Bertz CT molecular complexity index is 1060. The first kappa shape index (κ1) is 17.3. The number of hydrogen-bond acceptors (Lipinski definition) is 2. The lowest BCUT2D eigenvalue weighted by molar-refractivity contribution is -0.114. The summed E-state index contributed by atoms with van der Waals surface area (Å²) in [6.45, 7) is 6.29. The summed E-state index contributed by atoms with van der Waals surface area (Å²) in [4.78, 5) is 13.0. The maximum atomic E-state index is 13.0. The molecule has 136 valence electrons. The summed E-state index contributed by atoms with van der Waals surface area (Å²) in [7, 11) is 0. The van der Waals surface area contributed by atoms with Crippen molar-refractivity contribution in [2.45, 2.75) is 33.2 Å². The normalized spacial score (nSPS) is 17.0. The highest BCUT2D eigenvalue weighted by Gasteiger charge is 2.29. The summed E-state index contributed by atoms with van der Waals surface area (Å²) < 4.78 is 2.29. The largest absolute Gasteiger partial charge is 0.344 e. The Morgan fingerprint density at radius 1 is 1.07 bits per heavy atom. The Hall–Kier alpha value is -3.14. The average Bonchev–Trinajstić information content (AvgIpc) is 3.21. The zero-order valence-corrected chi connectivity index (χ0v) is 15.9. The average molecular weight is 357 g/mol. The van der Waals surface area contributed by atoms with Crippen LogP contribution >= 0.6 is 0 Å². The molecule has 2 heterocycles. The maximum Gasteiger partial charge on any atom is 0.280 e. The summed E-state index contributed by atoms with van der Waals surface area (Å²) in [5, 5.41) is 7.12. The molecule has 1 aliphatic rings. The second-order valence-corrected chi connectivity index (χ2v) is 6.96. The van der Waals surface area contributed by atoms with Gasteiger partial charge in [0.15, 0.2) is 0 Å². The van der Waals surface area contributed by atoms with Crippen LogP contribution in [0.3, 0.4) is 0 Å². The number of fused-ring (bicyclic) bond motifs is 1. The lowest BCUT2D eigenvalue weighted by Crippen LogP contribution is -2.21. The highest BCUT2D eigenvalue weighted by molar-refractivity contribution is 6.32. The van der Waals surface area contributed by atoms with Crippen LogP contribution in [0.2, 0.25) is 0 Å². The topological polar surface area (TPSA) is 37.6 Å². The monoisotopic (exact) mass is 357 g/mol. The van der Waals surface area contributed by atoms with Crippen molar-refractivity contribution >= 4 is 34.3 Å². The first-order valence-corrected chi connectivity index (χ1v) is 9.36. The predicted octanol–water partition coefficient (Wildman–Crippen LogP) is 5.42. The lowest BCUT2D eigenvalue weighted by Gasteiger charge is -2.12. The molecule has 0 bridgehead atoms. The van der Waals surface area contributed by atoms with Crippen LogP contribution in [0.5, 0.6) is 0 Å². The van der Waals surface area contributed by atoms with Crippen LogP contribution in [-0.2, 0) is 4.79 Å². The van der Waals surface area contributed by atoms with Gasteiger partial charge in [-0.3, -0.25) is 4.79 Å². The second kappa shape index (κ2) is 6.88. The zero-order chi connectivity index (χ0) is 19.0. The minimum absolute atomic E-state index is 0.0842. The number of anilines is 1. The number of nitrogens with zero attached hydrogens (tertiary/aromatic N) is 3. The van der Waals surface area contributed by atoms with E-state index in [1.165, 1.54) is 10.5 Å². The van der Waals surface area contributed by atoms with Gasteiger partial charge in [-0.05, 0) is 44.5 Å². The van der Waals surface area contributed by atoms with E-state index >= 15 is 0 Å². The van der Waals surface area contributed by atoms with E-state index < -0.39 is 0 Å². The molecule has 0 unspecified atom stereocenters. The van der Waals surface area contributed by atoms with Crippen molar-refractivity contribution in [1.29, 1.82) is 0 Å². The summed E-state index contributed by atoms with van der Waals surface area (Å²) in [5.74, 6) is -0.0842. The van der Waals surface area contributed by atoms with Crippen LogP contribution in [0, 0.1) is 0 Å². The zero-order valence-electron chi connectivity index (χ0n) is 15.9. The molecule has 3 aromatic rings. The predicted molar refractivity (Wildman–Crippen MR) is 112 cm³/mol. The molecular formula is C23H23N3O. The number of amides is 1. The van der Waals surface area contributed by atoms with E-state index in [0.29, 0.717) is 11.6 Å². The Labute approximate surface area is 159 Å². The van der Waals surface area contributed by atoms with E-state index in [4.69, 9.17) is 0 Å². The molecule has 1 atom stereocenters. The van der Waals surface area contributed by atoms with Gasteiger partial charge in [0.1, 0.15) is 0 Å². The van der Waals surface area contributed by atoms with Gasteiger partial charge in [0.2, 0.25) is 0 Å². The van der Waals surface area contributed by atoms with Crippen molar-refractivity contribution in [2.75, 3.05) is 5.01 Å². The Balaban J connectivity index is 1.78. The number of benzene rings is 2. The van der Waals surface area contributed by atoms with Crippen LogP contribution in [0.25, 0.3) is 17.0 Å². The van der Waals surface area contributed by atoms with Crippen molar-refractivity contribution in [2.24, 2.45) is 5.10 Å². The Morgan fingerprint density at radius 3 is 2.52 bits per heavy atom. The third kappa shape index (κ3) is 2.97. The highest BCUT2D eigenvalue weighted by Crippen LogP contribution is 2.30. The third-order valence-electron chi connectivity index (χ3n) is 5.20. The molecule has 0 N–H and O–H groups in total. The summed E-state index contributed by atoms with van der Waals surface area (Å²) in [6.07, 6.45) is 5.18. The molecule has 1 aliphatic heterocycles. The SMILES string of the molecule is CC[C@H](C)n1cc(/C=C2/C(=O)N(c3ccccc3)N=C2C)c2ccccc21. The minimum atomic E-state index is -0.0842. The van der Waals surface area contributed by atoms with Crippen LogP contribution in [0.4, 0.5) is 5.69 Å². The van der Waals surface area contributed by atoms with Gasteiger partial charge in [-0.1, -0.05) is 43.3 Å². The summed E-state index contributed by atoms with van der Waals surface area (Å²) in [5.41, 5.74) is 4.42. The highest BCUT2D eigenvalue weighted by atomic mass is 16.2. The Kier molecular flexibility index (Phi) is 4.40. The van der Waals surface area contributed by atoms with Crippen molar-refractivity contribution in [3.8, 4) is 0 Å². The molecule has 0 saturated heterocycles. The van der Waals surface area contributed by atoms with Gasteiger partial charge in [-0.15, -0.1) is 0 Å². The van der Waals surface area contributed by atoms with Crippen molar-refractivity contribution in [1.82, 2.24) is 4.57 Å². The number of carbonyl (C=O) groups is 1. The minimum Gasteiger partial charge on any atom is -0.344 e. The molecule has 0 aliphatic carbocycles. The fourth-order valence-electron chi connectivity index (χ4n) is 3.49. The maximum absolute atomic E-state index is 13.0. The van der Waals surface area contributed by atoms with E-state index in [1.807, 2.05) is 49.4 Å². The molecule has 2 aromatic carbocycles. The van der Waals surface area contributed by atoms with Gasteiger partial charge >= 0.3 is 0 Å². The molecule has 1 amide bonds. The molecule has 4 heteroatoms. The first-order valence-electron chi connectivity index (χ1n) is 9.36. The second-order valence-electron chi connectivity index (χ2n) is 6.96.